The number of carbonyl (C=O) groups is 1. The lowest BCUT2D eigenvalue weighted by atomic mass is 9.88. The molecule has 35 heavy (non-hydrogen) atoms. The highest BCUT2D eigenvalue weighted by atomic mass is 16.1. The Morgan fingerprint density at radius 3 is 2.57 bits per heavy atom. The molecule has 4 aromatic rings. The van der Waals surface area contributed by atoms with E-state index in [0.717, 1.165) is 28.2 Å². The molecular formula is C28H30N6O. The van der Waals surface area contributed by atoms with Gasteiger partial charge in [0.25, 0.3) is 5.91 Å². The van der Waals surface area contributed by atoms with Crippen molar-refractivity contribution in [2.24, 2.45) is 5.41 Å². The maximum absolute atomic E-state index is 13.0. The monoisotopic (exact) mass is 466 g/mol. The summed E-state index contributed by atoms with van der Waals surface area (Å²) in [7, 11) is 0. The van der Waals surface area contributed by atoms with Gasteiger partial charge in [0, 0.05) is 46.9 Å². The molecule has 1 N–H and O–H groups in total. The summed E-state index contributed by atoms with van der Waals surface area (Å²) in [6, 6.07) is 15.7. The van der Waals surface area contributed by atoms with Crippen LogP contribution in [-0.4, -0.2) is 30.6 Å². The van der Waals surface area contributed by atoms with Crippen molar-refractivity contribution in [3.8, 4) is 22.5 Å². The van der Waals surface area contributed by atoms with Gasteiger partial charge in [-0.15, -0.1) is 10.2 Å². The molecule has 1 fully saturated rings. The summed E-state index contributed by atoms with van der Waals surface area (Å²) in [6.45, 7) is 8.73. The van der Waals surface area contributed by atoms with E-state index in [9.17, 15) is 4.79 Å². The first-order valence-electron chi connectivity index (χ1n) is 12.0. The molecule has 5 rings (SSSR count). The van der Waals surface area contributed by atoms with E-state index in [4.69, 9.17) is 0 Å². The van der Waals surface area contributed by atoms with Crippen molar-refractivity contribution in [2.45, 2.75) is 52.5 Å². The number of aromatic nitrogens is 5. The summed E-state index contributed by atoms with van der Waals surface area (Å²) >= 11 is 0. The molecule has 1 aliphatic rings. The predicted molar refractivity (Wildman–Crippen MR) is 137 cm³/mol. The molecule has 0 aliphatic heterocycles. The molecule has 1 aliphatic carbocycles. The fraction of sp³-hybridized carbons (Fsp3) is 0.321. The number of hydrogen-bond donors (Lipinski definition) is 1. The van der Waals surface area contributed by atoms with Gasteiger partial charge in [-0.1, -0.05) is 39.0 Å². The van der Waals surface area contributed by atoms with Gasteiger partial charge in [0.2, 0.25) is 0 Å². The average Bonchev–Trinajstić information content (AvgIpc) is 3.59. The fourth-order valence-corrected chi connectivity index (χ4v) is 4.01. The van der Waals surface area contributed by atoms with E-state index in [1.807, 2.05) is 36.5 Å². The van der Waals surface area contributed by atoms with E-state index in [2.05, 4.69) is 69.9 Å². The number of anilines is 1. The molecule has 0 bridgehead atoms. The number of hydrogen-bond acceptors (Lipinski definition) is 5. The second kappa shape index (κ2) is 9.06. The zero-order chi connectivity index (χ0) is 24.6. The third kappa shape index (κ3) is 4.99. The van der Waals surface area contributed by atoms with Gasteiger partial charge in [-0.2, -0.15) is 0 Å². The maximum atomic E-state index is 13.0. The Labute approximate surface area is 205 Å². The lowest BCUT2D eigenvalue weighted by Gasteiger charge is -2.29. The van der Waals surface area contributed by atoms with Crippen molar-refractivity contribution >= 4 is 11.6 Å². The summed E-state index contributed by atoms with van der Waals surface area (Å²) in [5, 5.41) is 11.5. The Bertz CT molecular complexity index is 1350. The van der Waals surface area contributed by atoms with Gasteiger partial charge in [0.1, 0.15) is 12.0 Å². The zero-order valence-corrected chi connectivity index (χ0v) is 20.6. The highest BCUT2D eigenvalue weighted by Gasteiger charge is 2.25. The van der Waals surface area contributed by atoms with Crippen molar-refractivity contribution in [1.82, 2.24) is 24.7 Å². The standard InChI is InChI=1S/C28H30N6O/c1-18(28(2,3)4)34-17-31-33-26(34)21-6-5-7-23(14-21)32-27(35)25-15-20(12-13-29-25)22-10-11-24(30-16-22)19-8-9-19/h5-7,10-19H,8-9H2,1-4H3,(H,32,35)/t18-/m0/s1. The summed E-state index contributed by atoms with van der Waals surface area (Å²) < 4.78 is 2.08. The van der Waals surface area contributed by atoms with Crippen LogP contribution in [-0.2, 0) is 0 Å². The Balaban J connectivity index is 1.35. The number of nitrogens with zero attached hydrogens (tertiary/aromatic N) is 5. The first-order valence-corrected chi connectivity index (χ1v) is 12.0. The average molecular weight is 467 g/mol. The Morgan fingerprint density at radius 1 is 1.03 bits per heavy atom. The molecule has 0 unspecified atom stereocenters. The van der Waals surface area contributed by atoms with Gasteiger partial charge in [-0.25, -0.2) is 0 Å². The smallest absolute Gasteiger partial charge is 0.274 e. The molecule has 1 aromatic carbocycles. The van der Waals surface area contributed by atoms with E-state index in [1.165, 1.54) is 12.8 Å². The van der Waals surface area contributed by atoms with Crippen LogP contribution in [0.15, 0.2) is 67.3 Å². The fourth-order valence-electron chi connectivity index (χ4n) is 4.01. The SMILES string of the molecule is C[C@H](n1cnnc1-c1cccc(NC(=O)c2cc(-c3ccc(C4CC4)nc3)ccn2)c1)C(C)(C)C. The summed E-state index contributed by atoms with van der Waals surface area (Å²) in [6.07, 6.45) is 7.74. The van der Waals surface area contributed by atoms with Gasteiger partial charge in [-0.05, 0) is 61.1 Å². The van der Waals surface area contributed by atoms with Crippen molar-refractivity contribution in [3.05, 3.63) is 78.6 Å². The molecule has 7 nitrogen and oxygen atoms in total. The van der Waals surface area contributed by atoms with E-state index in [1.54, 1.807) is 18.6 Å². The maximum Gasteiger partial charge on any atom is 0.274 e. The van der Waals surface area contributed by atoms with Gasteiger partial charge >= 0.3 is 0 Å². The van der Waals surface area contributed by atoms with Crippen LogP contribution in [0.3, 0.4) is 0 Å². The zero-order valence-electron chi connectivity index (χ0n) is 20.6. The third-order valence-corrected chi connectivity index (χ3v) is 6.73. The lowest BCUT2D eigenvalue weighted by molar-refractivity contribution is 0.102. The van der Waals surface area contributed by atoms with Crippen LogP contribution in [0.2, 0.25) is 0 Å². The number of rotatable bonds is 6. The molecule has 7 heteroatoms. The molecule has 178 valence electrons. The molecular weight excluding hydrogens is 436 g/mol. The van der Waals surface area contributed by atoms with Crippen LogP contribution in [0.1, 0.15) is 68.7 Å². The normalized spacial score (nSPS) is 14.5. The van der Waals surface area contributed by atoms with E-state index in [-0.39, 0.29) is 17.4 Å². The quantitative estimate of drug-likeness (QED) is 0.369. The lowest BCUT2D eigenvalue weighted by Crippen LogP contribution is -2.21. The number of benzene rings is 1. The largest absolute Gasteiger partial charge is 0.321 e. The van der Waals surface area contributed by atoms with E-state index < -0.39 is 0 Å². The van der Waals surface area contributed by atoms with Gasteiger partial charge in [0.15, 0.2) is 5.82 Å². The molecule has 3 aromatic heterocycles. The predicted octanol–water partition coefficient (Wildman–Crippen LogP) is 6.14. The van der Waals surface area contributed by atoms with Crippen molar-refractivity contribution < 1.29 is 4.79 Å². The first kappa shape index (κ1) is 22.9. The highest BCUT2D eigenvalue weighted by molar-refractivity contribution is 6.03. The van der Waals surface area contributed by atoms with E-state index >= 15 is 0 Å². The molecule has 0 radical (unpaired) electrons. The first-order chi connectivity index (χ1) is 16.8. The molecule has 1 atom stereocenters. The molecule has 1 saturated carbocycles. The Kier molecular flexibility index (Phi) is 5.93. The number of carbonyl (C=O) groups excluding carboxylic acids is 1. The van der Waals surface area contributed by atoms with Gasteiger partial charge < -0.3 is 9.88 Å². The minimum absolute atomic E-state index is 0.0490. The van der Waals surface area contributed by atoms with Crippen LogP contribution >= 0.6 is 0 Å². The number of amides is 1. The topological polar surface area (TPSA) is 85.6 Å². The Morgan fingerprint density at radius 2 is 1.86 bits per heavy atom. The minimum Gasteiger partial charge on any atom is -0.321 e. The number of pyridine rings is 2. The van der Waals surface area contributed by atoms with Crippen molar-refractivity contribution in [2.75, 3.05) is 5.32 Å². The second-order valence-corrected chi connectivity index (χ2v) is 10.3. The van der Waals surface area contributed by atoms with Crippen LogP contribution < -0.4 is 5.32 Å². The summed E-state index contributed by atoms with van der Waals surface area (Å²) in [5.41, 5.74) is 5.00. The molecule has 1 amide bonds. The third-order valence-electron chi connectivity index (χ3n) is 6.73. The summed E-state index contributed by atoms with van der Waals surface area (Å²) in [5.74, 6) is 1.12. The van der Waals surface area contributed by atoms with Gasteiger partial charge in [0.05, 0.1) is 0 Å². The van der Waals surface area contributed by atoms with Gasteiger partial charge in [-0.3, -0.25) is 14.8 Å². The van der Waals surface area contributed by atoms with Crippen LogP contribution in [0.5, 0.6) is 0 Å². The summed E-state index contributed by atoms with van der Waals surface area (Å²) in [4.78, 5) is 21.9. The molecule has 0 saturated heterocycles. The van der Waals surface area contributed by atoms with Crippen molar-refractivity contribution in [3.63, 3.8) is 0 Å². The highest BCUT2D eigenvalue weighted by Crippen LogP contribution is 2.39. The van der Waals surface area contributed by atoms with E-state index in [0.29, 0.717) is 17.3 Å². The molecule has 0 spiro atoms. The minimum atomic E-state index is -0.268. The van der Waals surface area contributed by atoms with Crippen LogP contribution in [0.4, 0.5) is 5.69 Å². The van der Waals surface area contributed by atoms with Crippen LogP contribution in [0.25, 0.3) is 22.5 Å². The van der Waals surface area contributed by atoms with Crippen LogP contribution in [0, 0.1) is 5.41 Å². The second-order valence-electron chi connectivity index (χ2n) is 10.3. The molecule has 3 heterocycles. The number of nitrogens with one attached hydrogen (secondary N) is 1. The Hall–Kier alpha value is -3.87. The van der Waals surface area contributed by atoms with Crippen molar-refractivity contribution in [1.29, 1.82) is 0 Å².